The molecule has 0 spiro atoms. The van der Waals surface area contributed by atoms with E-state index in [9.17, 15) is 8.42 Å². The molecule has 24 heavy (non-hydrogen) atoms. The monoisotopic (exact) mass is 348 g/mol. The molecule has 0 unspecified atom stereocenters. The van der Waals surface area contributed by atoms with Crippen molar-refractivity contribution in [3.05, 3.63) is 54.1 Å². The van der Waals surface area contributed by atoms with E-state index in [1.165, 1.54) is 12.1 Å². The van der Waals surface area contributed by atoms with E-state index in [2.05, 4.69) is 4.72 Å². The van der Waals surface area contributed by atoms with Gasteiger partial charge in [0.1, 0.15) is 0 Å². The summed E-state index contributed by atoms with van der Waals surface area (Å²) >= 11 is 0. The first-order valence-electron chi connectivity index (χ1n) is 7.58. The Labute approximate surface area is 142 Å². The average molecular weight is 348 g/mol. The van der Waals surface area contributed by atoms with E-state index in [-0.39, 0.29) is 24.3 Å². The molecule has 0 radical (unpaired) electrons. The van der Waals surface area contributed by atoms with Gasteiger partial charge in [0.15, 0.2) is 11.5 Å². The second-order valence-electron chi connectivity index (χ2n) is 5.76. The van der Waals surface area contributed by atoms with Gasteiger partial charge in [0.25, 0.3) is 0 Å². The normalized spacial score (nSPS) is 14.8. The van der Waals surface area contributed by atoms with E-state index in [1.807, 2.05) is 49.3 Å². The molecule has 0 bridgehead atoms. The number of rotatable bonds is 6. The third kappa shape index (κ3) is 3.53. The van der Waals surface area contributed by atoms with Crippen LogP contribution in [0.1, 0.15) is 11.6 Å². The summed E-state index contributed by atoms with van der Waals surface area (Å²) in [5.74, 6) is 1.01. The molecule has 1 aliphatic rings. The first-order chi connectivity index (χ1) is 11.5. The van der Waals surface area contributed by atoms with Crippen LogP contribution in [0.3, 0.4) is 0 Å². The minimum absolute atomic E-state index is 0.0602. The van der Waals surface area contributed by atoms with Crippen LogP contribution < -0.4 is 14.2 Å². The number of nitrogens with one attached hydrogen (secondary N) is 1. The van der Waals surface area contributed by atoms with E-state index >= 15 is 0 Å². The van der Waals surface area contributed by atoms with Gasteiger partial charge in [-0.2, -0.15) is 0 Å². The van der Waals surface area contributed by atoms with Gasteiger partial charge in [-0.3, -0.25) is 0 Å². The molecule has 3 rings (SSSR count). The molecule has 1 heterocycles. The van der Waals surface area contributed by atoms with Crippen LogP contribution in [0.4, 0.5) is 0 Å². The van der Waals surface area contributed by atoms with E-state index in [4.69, 9.17) is 9.47 Å². The van der Waals surface area contributed by atoms with Crippen molar-refractivity contribution in [3.63, 3.8) is 0 Å². The fourth-order valence-corrected chi connectivity index (χ4v) is 3.64. The fraction of sp³-hybridized carbons (Fsp3) is 0.294. The van der Waals surface area contributed by atoms with Crippen molar-refractivity contribution in [2.24, 2.45) is 0 Å². The van der Waals surface area contributed by atoms with Gasteiger partial charge in [0, 0.05) is 18.7 Å². The Morgan fingerprint density at radius 2 is 1.79 bits per heavy atom. The van der Waals surface area contributed by atoms with Crippen molar-refractivity contribution in [1.82, 2.24) is 9.62 Å². The molecule has 7 heteroatoms. The highest BCUT2D eigenvalue weighted by atomic mass is 32.2. The molecule has 128 valence electrons. The van der Waals surface area contributed by atoms with Gasteiger partial charge in [0.2, 0.25) is 16.8 Å². The molecule has 6 nitrogen and oxygen atoms in total. The van der Waals surface area contributed by atoms with Crippen LogP contribution in [-0.2, 0) is 10.0 Å². The largest absolute Gasteiger partial charge is 0.454 e. The summed E-state index contributed by atoms with van der Waals surface area (Å²) in [6, 6.07) is 14.3. The second kappa shape index (κ2) is 6.80. The van der Waals surface area contributed by atoms with Gasteiger partial charge in [-0.25, -0.2) is 13.1 Å². The van der Waals surface area contributed by atoms with Crippen molar-refractivity contribution in [2.45, 2.75) is 10.9 Å². The number of likely N-dealkylation sites (N-methyl/N-ethyl adjacent to an activating group) is 1. The van der Waals surface area contributed by atoms with Crippen LogP contribution in [0.25, 0.3) is 0 Å². The second-order valence-corrected chi connectivity index (χ2v) is 7.52. The number of hydrogen-bond acceptors (Lipinski definition) is 5. The highest BCUT2D eigenvalue weighted by Gasteiger charge is 2.22. The van der Waals surface area contributed by atoms with Crippen LogP contribution in [0.15, 0.2) is 53.4 Å². The van der Waals surface area contributed by atoms with Crippen LogP contribution >= 0.6 is 0 Å². The summed E-state index contributed by atoms with van der Waals surface area (Å²) in [7, 11) is 0.216. The Bertz CT molecular complexity index is 807. The summed E-state index contributed by atoms with van der Waals surface area (Å²) in [5.41, 5.74) is 1.05. The third-order valence-electron chi connectivity index (χ3n) is 3.93. The lowest BCUT2D eigenvalue weighted by Crippen LogP contribution is -2.34. The Morgan fingerprint density at radius 1 is 1.08 bits per heavy atom. The van der Waals surface area contributed by atoms with Gasteiger partial charge in [-0.15, -0.1) is 0 Å². The van der Waals surface area contributed by atoms with Crippen molar-refractivity contribution >= 4 is 10.0 Å². The van der Waals surface area contributed by atoms with E-state index in [1.54, 1.807) is 6.07 Å². The molecule has 2 aromatic carbocycles. The molecule has 0 amide bonds. The van der Waals surface area contributed by atoms with E-state index in [0.29, 0.717) is 11.5 Å². The lowest BCUT2D eigenvalue weighted by molar-refractivity contribution is 0.174. The van der Waals surface area contributed by atoms with Crippen LogP contribution in [0, 0.1) is 0 Å². The molecule has 0 saturated heterocycles. The first-order valence-corrected chi connectivity index (χ1v) is 9.06. The third-order valence-corrected chi connectivity index (χ3v) is 5.35. The standard InChI is InChI=1S/C17H20N2O4S/c1-19(2)15(13-6-4-3-5-7-13)11-18-24(20,21)14-8-9-16-17(10-14)23-12-22-16/h3-10,15,18H,11-12H2,1-2H3/t15-/m0/s1. The van der Waals surface area contributed by atoms with Gasteiger partial charge < -0.3 is 14.4 Å². The summed E-state index contributed by atoms with van der Waals surface area (Å²) in [5, 5.41) is 0. The van der Waals surface area contributed by atoms with Crippen molar-refractivity contribution < 1.29 is 17.9 Å². The molecule has 1 N–H and O–H groups in total. The van der Waals surface area contributed by atoms with E-state index in [0.717, 1.165) is 5.56 Å². The molecule has 0 fully saturated rings. The zero-order valence-electron chi connectivity index (χ0n) is 13.6. The highest BCUT2D eigenvalue weighted by molar-refractivity contribution is 7.89. The highest BCUT2D eigenvalue weighted by Crippen LogP contribution is 2.33. The lowest BCUT2D eigenvalue weighted by atomic mass is 10.1. The molecule has 0 saturated carbocycles. The zero-order valence-corrected chi connectivity index (χ0v) is 14.4. The number of hydrogen-bond donors (Lipinski definition) is 1. The van der Waals surface area contributed by atoms with Gasteiger partial charge >= 0.3 is 0 Å². The number of ether oxygens (including phenoxy) is 2. The summed E-state index contributed by atoms with van der Waals surface area (Å²) < 4.78 is 38.3. The van der Waals surface area contributed by atoms with Gasteiger partial charge in [0.05, 0.1) is 4.90 Å². The molecular weight excluding hydrogens is 328 g/mol. The van der Waals surface area contributed by atoms with Crippen LogP contribution in [0.2, 0.25) is 0 Å². The number of benzene rings is 2. The Kier molecular flexibility index (Phi) is 4.75. The fourth-order valence-electron chi connectivity index (χ4n) is 2.59. The molecule has 2 aromatic rings. The summed E-state index contributed by atoms with van der Waals surface area (Å²) in [6.45, 7) is 0.386. The minimum atomic E-state index is -3.63. The summed E-state index contributed by atoms with van der Waals surface area (Å²) in [6.07, 6.45) is 0. The molecule has 0 aliphatic carbocycles. The SMILES string of the molecule is CN(C)[C@@H](CNS(=O)(=O)c1ccc2c(c1)OCO2)c1ccccc1. The maximum atomic E-state index is 12.6. The van der Waals surface area contributed by atoms with Gasteiger partial charge in [-0.05, 0) is 31.8 Å². The Morgan fingerprint density at radius 3 is 2.50 bits per heavy atom. The van der Waals surface area contributed by atoms with Gasteiger partial charge in [-0.1, -0.05) is 30.3 Å². The predicted molar refractivity (Wildman–Crippen MR) is 90.6 cm³/mol. The number of fused-ring (bicyclic) bond motifs is 1. The average Bonchev–Trinajstić information content (AvgIpc) is 3.03. The van der Waals surface area contributed by atoms with Crippen molar-refractivity contribution in [2.75, 3.05) is 27.4 Å². The van der Waals surface area contributed by atoms with Crippen LogP contribution in [-0.4, -0.2) is 40.8 Å². The lowest BCUT2D eigenvalue weighted by Gasteiger charge is -2.25. The maximum Gasteiger partial charge on any atom is 0.240 e. The number of nitrogens with zero attached hydrogens (tertiary/aromatic N) is 1. The van der Waals surface area contributed by atoms with Crippen molar-refractivity contribution in [3.8, 4) is 11.5 Å². The minimum Gasteiger partial charge on any atom is -0.454 e. The molecule has 1 aliphatic heterocycles. The molecule has 0 aromatic heterocycles. The first kappa shape index (κ1) is 16.8. The topological polar surface area (TPSA) is 67.9 Å². The van der Waals surface area contributed by atoms with E-state index < -0.39 is 10.0 Å². The Hall–Kier alpha value is -2.09. The van der Waals surface area contributed by atoms with Crippen molar-refractivity contribution in [1.29, 1.82) is 0 Å². The predicted octanol–water partition coefficient (Wildman–Crippen LogP) is 2.00. The van der Waals surface area contributed by atoms with Crippen LogP contribution in [0.5, 0.6) is 11.5 Å². The molecule has 1 atom stereocenters. The Balaban J connectivity index is 1.76. The summed E-state index contributed by atoms with van der Waals surface area (Å²) in [4.78, 5) is 2.15. The smallest absolute Gasteiger partial charge is 0.240 e. The number of sulfonamides is 1. The molecular formula is C17H20N2O4S. The maximum absolute atomic E-state index is 12.6. The zero-order chi connectivity index (χ0) is 17.2. The quantitative estimate of drug-likeness (QED) is 0.865.